The van der Waals surface area contributed by atoms with Crippen molar-refractivity contribution in [3.8, 4) is 11.8 Å². The standard InChI is InChI=1S/C8H2BrClF3NO3S/c9-5-2-6(17-8(11,12)13)7(18(10,15)16)1-4(5)3-14/h1-2H. The van der Waals surface area contributed by atoms with Crippen LogP contribution in [0.5, 0.6) is 5.75 Å². The summed E-state index contributed by atoms with van der Waals surface area (Å²) in [5.74, 6) is -1.01. The maximum absolute atomic E-state index is 12.1. The van der Waals surface area contributed by atoms with E-state index in [1.54, 1.807) is 6.07 Å². The van der Waals surface area contributed by atoms with Gasteiger partial charge in [0, 0.05) is 15.2 Å². The van der Waals surface area contributed by atoms with Crippen LogP contribution in [0, 0.1) is 11.3 Å². The zero-order chi connectivity index (χ0) is 14.1. The number of rotatable bonds is 2. The Bertz CT molecular complexity index is 624. The van der Waals surface area contributed by atoms with Gasteiger partial charge in [0.05, 0.1) is 5.56 Å². The van der Waals surface area contributed by atoms with Gasteiger partial charge in [-0.3, -0.25) is 0 Å². The van der Waals surface area contributed by atoms with Crippen LogP contribution in [0.1, 0.15) is 5.56 Å². The normalized spacial score (nSPS) is 12.0. The van der Waals surface area contributed by atoms with Crippen LogP contribution in [0.4, 0.5) is 13.2 Å². The lowest BCUT2D eigenvalue weighted by atomic mass is 10.2. The van der Waals surface area contributed by atoms with Gasteiger partial charge in [-0.25, -0.2) is 8.42 Å². The Morgan fingerprint density at radius 1 is 1.39 bits per heavy atom. The molecule has 4 nitrogen and oxygen atoms in total. The van der Waals surface area contributed by atoms with Gasteiger partial charge in [0.15, 0.2) is 5.75 Å². The Morgan fingerprint density at radius 2 is 1.94 bits per heavy atom. The van der Waals surface area contributed by atoms with E-state index >= 15 is 0 Å². The van der Waals surface area contributed by atoms with Crippen molar-refractivity contribution in [2.75, 3.05) is 0 Å². The summed E-state index contributed by atoms with van der Waals surface area (Å²) in [4.78, 5) is -0.929. The number of benzene rings is 1. The monoisotopic (exact) mass is 363 g/mol. The lowest BCUT2D eigenvalue weighted by Gasteiger charge is -2.12. The third-order valence-corrected chi connectivity index (χ3v) is 3.64. The summed E-state index contributed by atoms with van der Waals surface area (Å²) in [6.45, 7) is 0. The van der Waals surface area contributed by atoms with Crippen molar-refractivity contribution in [1.29, 1.82) is 5.26 Å². The van der Waals surface area contributed by atoms with Crippen LogP contribution in [-0.2, 0) is 9.05 Å². The molecule has 0 amide bonds. The predicted molar refractivity (Wildman–Crippen MR) is 58.6 cm³/mol. The average Bonchev–Trinajstić information content (AvgIpc) is 2.13. The summed E-state index contributed by atoms with van der Waals surface area (Å²) in [6, 6.07) is 2.99. The van der Waals surface area contributed by atoms with E-state index in [-0.39, 0.29) is 10.0 Å². The number of hydrogen-bond acceptors (Lipinski definition) is 4. The van der Waals surface area contributed by atoms with Gasteiger partial charge >= 0.3 is 6.36 Å². The molecule has 1 aromatic rings. The lowest BCUT2D eigenvalue weighted by molar-refractivity contribution is -0.275. The third kappa shape index (κ3) is 3.76. The second-order valence-electron chi connectivity index (χ2n) is 2.88. The van der Waals surface area contributed by atoms with Crippen LogP contribution in [0.2, 0.25) is 0 Å². The van der Waals surface area contributed by atoms with Gasteiger partial charge in [-0.15, -0.1) is 13.2 Å². The van der Waals surface area contributed by atoms with E-state index in [1.807, 2.05) is 0 Å². The summed E-state index contributed by atoms with van der Waals surface area (Å²) in [6.07, 6.45) is -5.08. The molecule has 1 rings (SSSR count). The van der Waals surface area contributed by atoms with E-state index in [9.17, 15) is 21.6 Å². The molecule has 0 N–H and O–H groups in total. The minimum absolute atomic E-state index is 0.0479. The maximum atomic E-state index is 12.1. The van der Waals surface area contributed by atoms with Crippen molar-refractivity contribution in [3.63, 3.8) is 0 Å². The molecule has 98 valence electrons. The number of nitriles is 1. The summed E-state index contributed by atoms with van der Waals surface area (Å²) in [5, 5.41) is 8.65. The molecule has 0 saturated heterocycles. The highest BCUT2D eigenvalue weighted by Gasteiger charge is 2.34. The summed E-state index contributed by atoms with van der Waals surface area (Å²) >= 11 is 2.81. The van der Waals surface area contributed by atoms with Crippen molar-refractivity contribution in [1.82, 2.24) is 0 Å². The molecular formula is C8H2BrClF3NO3S. The largest absolute Gasteiger partial charge is 0.573 e. The highest BCUT2D eigenvalue weighted by Crippen LogP contribution is 2.35. The van der Waals surface area contributed by atoms with Crippen LogP contribution in [-0.4, -0.2) is 14.8 Å². The minimum atomic E-state index is -5.08. The lowest BCUT2D eigenvalue weighted by Crippen LogP contribution is -2.18. The molecule has 1 aromatic carbocycles. The summed E-state index contributed by atoms with van der Waals surface area (Å²) in [5.41, 5.74) is -0.191. The van der Waals surface area contributed by atoms with Gasteiger partial charge < -0.3 is 4.74 Å². The molecule has 0 aliphatic carbocycles. The van der Waals surface area contributed by atoms with Gasteiger partial charge in [0.1, 0.15) is 11.0 Å². The first-order valence-corrected chi connectivity index (χ1v) is 7.09. The number of ether oxygens (including phenoxy) is 1. The first kappa shape index (κ1) is 15.1. The Labute approximate surface area is 112 Å². The van der Waals surface area contributed by atoms with Crippen molar-refractivity contribution >= 4 is 35.7 Å². The van der Waals surface area contributed by atoms with E-state index < -0.39 is 26.1 Å². The molecular weight excluding hydrogens is 363 g/mol. The van der Waals surface area contributed by atoms with E-state index in [2.05, 4.69) is 20.7 Å². The molecule has 0 unspecified atom stereocenters. The highest BCUT2D eigenvalue weighted by molar-refractivity contribution is 9.10. The molecule has 0 bridgehead atoms. The molecule has 0 spiro atoms. The number of nitrogens with zero attached hydrogens (tertiary/aromatic N) is 1. The molecule has 0 aliphatic rings. The number of hydrogen-bond donors (Lipinski definition) is 0. The molecule has 0 fully saturated rings. The third-order valence-electron chi connectivity index (χ3n) is 1.64. The fraction of sp³-hybridized carbons (Fsp3) is 0.125. The smallest absolute Gasteiger partial charge is 0.404 e. The van der Waals surface area contributed by atoms with E-state index in [0.717, 1.165) is 0 Å². The Hall–Kier alpha value is -0.980. The number of alkyl halides is 3. The summed E-state index contributed by atoms with van der Waals surface area (Å²) in [7, 11) is 0.494. The van der Waals surface area contributed by atoms with Crippen LogP contribution in [0.15, 0.2) is 21.5 Å². The molecule has 0 heterocycles. The second kappa shape index (κ2) is 4.95. The second-order valence-corrected chi connectivity index (χ2v) is 6.26. The van der Waals surface area contributed by atoms with E-state index in [0.29, 0.717) is 12.1 Å². The van der Waals surface area contributed by atoms with Gasteiger partial charge in [0.2, 0.25) is 0 Å². The number of halogens is 5. The minimum Gasteiger partial charge on any atom is -0.404 e. The first-order valence-electron chi connectivity index (χ1n) is 3.98. The van der Waals surface area contributed by atoms with Crippen molar-refractivity contribution < 1.29 is 26.3 Å². The van der Waals surface area contributed by atoms with Crippen LogP contribution >= 0.6 is 26.6 Å². The van der Waals surface area contributed by atoms with Gasteiger partial charge in [-0.1, -0.05) is 0 Å². The van der Waals surface area contributed by atoms with Gasteiger partial charge in [-0.05, 0) is 28.1 Å². The molecule has 10 heteroatoms. The zero-order valence-corrected chi connectivity index (χ0v) is 11.3. The van der Waals surface area contributed by atoms with Crippen LogP contribution < -0.4 is 4.74 Å². The highest BCUT2D eigenvalue weighted by atomic mass is 79.9. The van der Waals surface area contributed by atoms with Crippen molar-refractivity contribution in [2.45, 2.75) is 11.3 Å². The average molecular weight is 365 g/mol. The van der Waals surface area contributed by atoms with Crippen molar-refractivity contribution in [2.24, 2.45) is 0 Å². The van der Waals surface area contributed by atoms with Crippen LogP contribution in [0.25, 0.3) is 0 Å². The van der Waals surface area contributed by atoms with Crippen molar-refractivity contribution in [3.05, 3.63) is 22.2 Å². The fourth-order valence-electron chi connectivity index (χ4n) is 1.02. The quantitative estimate of drug-likeness (QED) is 0.756. The fourth-order valence-corrected chi connectivity index (χ4v) is 2.39. The topological polar surface area (TPSA) is 67.2 Å². The van der Waals surface area contributed by atoms with Gasteiger partial charge in [-0.2, -0.15) is 5.26 Å². The SMILES string of the molecule is N#Cc1cc(S(=O)(=O)Cl)c(OC(F)(F)F)cc1Br. The van der Waals surface area contributed by atoms with Gasteiger partial charge in [0.25, 0.3) is 9.05 Å². The Morgan fingerprint density at radius 3 is 2.33 bits per heavy atom. The molecule has 0 aliphatic heterocycles. The Balaban J connectivity index is 3.51. The summed E-state index contributed by atoms with van der Waals surface area (Å²) < 4.78 is 62.0. The molecule has 18 heavy (non-hydrogen) atoms. The zero-order valence-electron chi connectivity index (χ0n) is 8.12. The molecule has 0 aromatic heterocycles. The van der Waals surface area contributed by atoms with E-state index in [1.165, 1.54) is 0 Å². The molecule has 0 saturated carbocycles. The van der Waals surface area contributed by atoms with Crippen LogP contribution in [0.3, 0.4) is 0 Å². The Kier molecular flexibility index (Phi) is 4.15. The first-order chi connectivity index (χ1) is 8.04. The molecule has 0 radical (unpaired) electrons. The molecule has 0 atom stereocenters. The maximum Gasteiger partial charge on any atom is 0.573 e. The van der Waals surface area contributed by atoms with E-state index in [4.69, 9.17) is 15.9 Å². The predicted octanol–water partition coefficient (Wildman–Crippen LogP) is 3.15.